The van der Waals surface area contributed by atoms with Crippen LogP contribution in [0.4, 0.5) is 0 Å². The molecule has 3 aromatic rings. The van der Waals surface area contributed by atoms with Crippen molar-refractivity contribution >= 4 is 5.96 Å². The van der Waals surface area contributed by atoms with Gasteiger partial charge in [0, 0.05) is 18.9 Å². The third-order valence-electron chi connectivity index (χ3n) is 3.48. The van der Waals surface area contributed by atoms with Crippen LogP contribution in [0.15, 0.2) is 70.5 Å². The van der Waals surface area contributed by atoms with Gasteiger partial charge in [0.2, 0.25) is 0 Å². The number of aliphatic imine (C=N–C) groups is 1. The SMILES string of the molecule is CCNC(=NCc1ccc(-n2cccn2)cc1)NCc1ccco1. The Balaban J connectivity index is 1.60. The Morgan fingerprint density at radius 3 is 2.71 bits per heavy atom. The third-order valence-corrected chi connectivity index (χ3v) is 3.48. The Morgan fingerprint density at radius 2 is 2.04 bits per heavy atom. The van der Waals surface area contributed by atoms with Gasteiger partial charge in [0.15, 0.2) is 5.96 Å². The first kappa shape index (κ1) is 15.9. The Kier molecular flexibility index (Phi) is 5.29. The van der Waals surface area contributed by atoms with Crippen LogP contribution in [0.1, 0.15) is 18.2 Å². The summed E-state index contributed by atoms with van der Waals surface area (Å²) in [5.74, 6) is 1.65. The maximum absolute atomic E-state index is 5.32. The highest BCUT2D eigenvalue weighted by atomic mass is 16.3. The van der Waals surface area contributed by atoms with Gasteiger partial charge < -0.3 is 15.1 Å². The largest absolute Gasteiger partial charge is 0.467 e. The van der Waals surface area contributed by atoms with E-state index >= 15 is 0 Å². The average Bonchev–Trinajstić information content (AvgIpc) is 3.31. The second kappa shape index (κ2) is 8.01. The van der Waals surface area contributed by atoms with E-state index in [0.29, 0.717) is 13.1 Å². The number of guanidine groups is 1. The van der Waals surface area contributed by atoms with Crippen LogP contribution in [0.3, 0.4) is 0 Å². The molecule has 0 aliphatic rings. The van der Waals surface area contributed by atoms with Crippen LogP contribution >= 0.6 is 0 Å². The Labute approximate surface area is 141 Å². The number of aromatic nitrogens is 2. The highest BCUT2D eigenvalue weighted by Crippen LogP contribution is 2.09. The highest BCUT2D eigenvalue weighted by molar-refractivity contribution is 5.79. The minimum absolute atomic E-state index is 0.604. The van der Waals surface area contributed by atoms with E-state index in [1.54, 1.807) is 12.5 Å². The lowest BCUT2D eigenvalue weighted by molar-refractivity contribution is 0.501. The van der Waals surface area contributed by atoms with Gasteiger partial charge in [-0.2, -0.15) is 5.10 Å². The number of benzene rings is 1. The molecule has 6 heteroatoms. The fourth-order valence-electron chi connectivity index (χ4n) is 2.27. The van der Waals surface area contributed by atoms with Gasteiger partial charge in [0.25, 0.3) is 0 Å². The smallest absolute Gasteiger partial charge is 0.191 e. The quantitative estimate of drug-likeness (QED) is 0.541. The van der Waals surface area contributed by atoms with E-state index in [9.17, 15) is 0 Å². The van der Waals surface area contributed by atoms with Crippen LogP contribution in [0.5, 0.6) is 0 Å². The van der Waals surface area contributed by atoms with Crippen LogP contribution in [0.2, 0.25) is 0 Å². The number of rotatable bonds is 6. The van der Waals surface area contributed by atoms with Gasteiger partial charge in [0.1, 0.15) is 5.76 Å². The number of nitrogens with one attached hydrogen (secondary N) is 2. The van der Waals surface area contributed by atoms with Crippen LogP contribution in [-0.4, -0.2) is 22.3 Å². The summed E-state index contributed by atoms with van der Waals surface area (Å²) in [6.45, 7) is 4.06. The molecule has 24 heavy (non-hydrogen) atoms. The predicted octanol–water partition coefficient (Wildman–Crippen LogP) is 2.72. The molecule has 0 atom stereocenters. The molecule has 2 N–H and O–H groups in total. The van der Waals surface area contributed by atoms with Gasteiger partial charge in [-0.15, -0.1) is 0 Å². The zero-order valence-electron chi connectivity index (χ0n) is 13.6. The van der Waals surface area contributed by atoms with Crippen molar-refractivity contribution in [1.82, 2.24) is 20.4 Å². The van der Waals surface area contributed by atoms with Crippen LogP contribution in [0, 0.1) is 0 Å². The van der Waals surface area contributed by atoms with Crippen LogP contribution < -0.4 is 10.6 Å². The van der Waals surface area contributed by atoms with E-state index < -0.39 is 0 Å². The number of nitrogens with zero attached hydrogens (tertiary/aromatic N) is 3. The summed E-state index contributed by atoms with van der Waals surface area (Å²) in [5.41, 5.74) is 2.18. The van der Waals surface area contributed by atoms with Gasteiger partial charge >= 0.3 is 0 Å². The normalized spacial score (nSPS) is 11.5. The highest BCUT2D eigenvalue weighted by Gasteiger charge is 2.01. The first-order valence-corrected chi connectivity index (χ1v) is 7.98. The second-order valence-electron chi connectivity index (χ2n) is 5.25. The van der Waals surface area contributed by atoms with Crippen molar-refractivity contribution < 1.29 is 4.42 Å². The second-order valence-corrected chi connectivity index (χ2v) is 5.25. The molecule has 1 aromatic carbocycles. The van der Waals surface area contributed by atoms with Gasteiger partial charge in [0.05, 0.1) is 25.0 Å². The Morgan fingerprint density at radius 1 is 1.17 bits per heavy atom. The van der Waals surface area contributed by atoms with Gasteiger partial charge in [-0.1, -0.05) is 12.1 Å². The molecule has 2 aromatic heterocycles. The lowest BCUT2D eigenvalue weighted by atomic mass is 10.2. The van der Waals surface area contributed by atoms with Crippen molar-refractivity contribution in [3.05, 3.63) is 72.4 Å². The molecule has 0 fully saturated rings. The summed E-state index contributed by atoms with van der Waals surface area (Å²) in [6.07, 6.45) is 5.36. The zero-order valence-corrected chi connectivity index (χ0v) is 13.6. The molecule has 0 radical (unpaired) electrons. The minimum atomic E-state index is 0.604. The maximum Gasteiger partial charge on any atom is 0.191 e. The van der Waals surface area contributed by atoms with E-state index in [-0.39, 0.29) is 0 Å². The molecule has 0 spiro atoms. The molecule has 2 heterocycles. The number of hydrogen-bond donors (Lipinski definition) is 2. The predicted molar refractivity (Wildman–Crippen MR) is 93.9 cm³/mol. The standard InChI is InChI=1S/C18H21N5O/c1-2-19-18(21-14-17-5-3-12-24-17)20-13-15-6-8-16(9-7-15)23-11-4-10-22-23/h3-12H,2,13-14H2,1H3,(H2,19,20,21). The fourth-order valence-corrected chi connectivity index (χ4v) is 2.27. The first-order chi connectivity index (χ1) is 11.8. The van der Waals surface area contributed by atoms with E-state index in [2.05, 4.69) is 32.9 Å². The van der Waals surface area contributed by atoms with E-state index in [0.717, 1.165) is 29.5 Å². The minimum Gasteiger partial charge on any atom is -0.467 e. The molecule has 0 aliphatic carbocycles. The summed E-state index contributed by atoms with van der Waals surface area (Å²) >= 11 is 0. The molecule has 0 amide bonds. The van der Waals surface area contributed by atoms with E-state index in [1.807, 2.05) is 48.1 Å². The van der Waals surface area contributed by atoms with Crippen LogP contribution in [-0.2, 0) is 13.1 Å². The van der Waals surface area contributed by atoms with Crippen molar-refractivity contribution in [2.45, 2.75) is 20.0 Å². The topological polar surface area (TPSA) is 67.4 Å². The first-order valence-electron chi connectivity index (χ1n) is 7.98. The zero-order chi connectivity index (χ0) is 16.6. The molecule has 0 saturated carbocycles. The fraction of sp³-hybridized carbons (Fsp3) is 0.222. The van der Waals surface area contributed by atoms with Crippen molar-refractivity contribution in [2.75, 3.05) is 6.54 Å². The molecule has 3 rings (SSSR count). The lowest BCUT2D eigenvalue weighted by Gasteiger charge is -2.10. The summed E-state index contributed by atoms with van der Waals surface area (Å²) in [7, 11) is 0. The monoisotopic (exact) mass is 323 g/mol. The maximum atomic E-state index is 5.32. The van der Waals surface area contributed by atoms with Crippen molar-refractivity contribution in [3.63, 3.8) is 0 Å². The lowest BCUT2D eigenvalue weighted by Crippen LogP contribution is -2.36. The summed E-state index contributed by atoms with van der Waals surface area (Å²) in [5, 5.41) is 10.7. The molecular weight excluding hydrogens is 302 g/mol. The van der Waals surface area contributed by atoms with Gasteiger partial charge in [-0.25, -0.2) is 9.67 Å². The molecule has 124 valence electrons. The molecule has 0 unspecified atom stereocenters. The Hall–Kier alpha value is -3.02. The van der Waals surface area contributed by atoms with E-state index in [1.165, 1.54) is 0 Å². The average molecular weight is 323 g/mol. The number of hydrogen-bond acceptors (Lipinski definition) is 3. The number of furan rings is 1. The summed E-state index contributed by atoms with van der Waals surface area (Å²) < 4.78 is 7.16. The van der Waals surface area contributed by atoms with Crippen molar-refractivity contribution in [2.24, 2.45) is 4.99 Å². The van der Waals surface area contributed by atoms with Crippen molar-refractivity contribution in [3.8, 4) is 5.69 Å². The van der Waals surface area contributed by atoms with Gasteiger partial charge in [-0.05, 0) is 42.8 Å². The van der Waals surface area contributed by atoms with Crippen LogP contribution in [0.25, 0.3) is 5.69 Å². The summed E-state index contributed by atoms with van der Waals surface area (Å²) in [6, 6.07) is 13.9. The van der Waals surface area contributed by atoms with E-state index in [4.69, 9.17) is 4.42 Å². The van der Waals surface area contributed by atoms with Crippen molar-refractivity contribution in [1.29, 1.82) is 0 Å². The molecule has 6 nitrogen and oxygen atoms in total. The third kappa shape index (κ3) is 4.25. The molecule has 0 aliphatic heterocycles. The molecule has 0 saturated heterocycles. The van der Waals surface area contributed by atoms with Gasteiger partial charge in [-0.3, -0.25) is 0 Å². The molecular formula is C18H21N5O. The molecule has 0 bridgehead atoms. The summed E-state index contributed by atoms with van der Waals surface area (Å²) in [4.78, 5) is 4.61. The Bertz CT molecular complexity index is 745.